The predicted octanol–water partition coefficient (Wildman–Crippen LogP) is 1.87. The van der Waals surface area contributed by atoms with E-state index in [1.54, 1.807) is 26.0 Å². The van der Waals surface area contributed by atoms with Gasteiger partial charge in [0.2, 0.25) is 21.9 Å². The number of ether oxygens (including phenoxy) is 2. The van der Waals surface area contributed by atoms with Gasteiger partial charge in [-0.3, -0.25) is 19.3 Å². The highest BCUT2D eigenvalue weighted by atomic mass is 32.2. The van der Waals surface area contributed by atoms with E-state index in [1.165, 1.54) is 50.2 Å². The number of hydrogen-bond acceptors (Lipinski definition) is 11. The molecule has 2 aromatic heterocycles. The number of phenolic OH excluding ortho intramolecular Hbond substituents is 1. The van der Waals surface area contributed by atoms with Gasteiger partial charge in [0.25, 0.3) is 0 Å². The molecule has 38 heavy (non-hydrogen) atoms. The maximum absolute atomic E-state index is 13.3. The molecule has 3 N–H and O–H groups in total. The van der Waals surface area contributed by atoms with Gasteiger partial charge in [-0.2, -0.15) is 0 Å². The lowest BCUT2D eigenvalue weighted by molar-refractivity contribution is 0.171. The number of benzene rings is 1. The molecule has 1 aromatic carbocycles. The molecule has 0 saturated carbocycles. The molecule has 0 unspecified atom stereocenters. The molecule has 0 aliphatic rings. The number of para-hydroxylation sites is 1. The Kier molecular flexibility index (Phi) is 8.66. The third-order valence-corrected chi connectivity index (χ3v) is 7.08. The minimum absolute atomic E-state index is 0.0414. The van der Waals surface area contributed by atoms with Gasteiger partial charge >= 0.3 is 0 Å². The van der Waals surface area contributed by atoms with Crippen LogP contribution in [0.15, 0.2) is 47.5 Å². The van der Waals surface area contributed by atoms with Gasteiger partial charge in [0.1, 0.15) is 28.5 Å². The van der Waals surface area contributed by atoms with Crippen LogP contribution in [0.2, 0.25) is 0 Å². The molecule has 0 amide bonds. The number of nitrogens with one attached hydrogen (secondary N) is 1. The molecular formula is C24H27N7O6S. The second-order valence-corrected chi connectivity index (χ2v) is 9.98. The average molecular weight is 542 g/mol. The third kappa shape index (κ3) is 5.90. The van der Waals surface area contributed by atoms with Crippen molar-refractivity contribution in [1.82, 2.24) is 24.7 Å². The number of hydrogen-bond donors (Lipinski definition) is 3. The molecule has 2 heterocycles. The minimum atomic E-state index is -4.30. The van der Waals surface area contributed by atoms with Crippen LogP contribution in [0.4, 0.5) is 5.95 Å². The summed E-state index contributed by atoms with van der Waals surface area (Å²) in [5, 5.41) is 28.1. The number of aromatic nitrogens is 5. The summed E-state index contributed by atoms with van der Waals surface area (Å²) in [6.45, 7) is 4.59. The number of phenols is 1. The highest BCUT2D eigenvalue weighted by Crippen LogP contribution is 2.35. The lowest BCUT2D eigenvalue weighted by Crippen LogP contribution is -2.32. The quantitative estimate of drug-likeness (QED) is 0.195. The van der Waals surface area contributed by atoms with E-state index in [4.69, 9.17) is 15.9 Å². The number of methoxy groups -OCH3 is 2. The molecule has 13 nitrogen and oxygen atoms in total. The molecule has 0 aliphatic carbocycles. The highest BCUT2D eigenvalue weighted by molar-refractivity contribution is 7.93. The minimum Gasteiger partial charge on any atom is -0.506 e. The maximum Gasteiger partial charge on any atom is 0.243 e. The SMILES string of the molecule is C#C/C=C(\N=C(C)c1nnc(NS(=O)(=O)[C@H](C)[C@@H](O)c2cnc(C)cn2)n1-c1c(O)cccc1OC)OC. The lowest BCUT2D eigenvalue weighted by Gasteiger charge is -2.20. The first-order valence-electron chi connectivity index (χ1n) is 11.1. The molecule has 0 spiro atoms. The summed E-state index contributed by atoms with van der Waals surface area (Å²) in [5.41, 5.74) is 0.949. The highest BCUT2D eigenvalue weighted by Gasteiger charge is 2.33. The molecule has 0 saturated heterocycles. The number of rotatable bonds is 10. The Morgan fingerprint density at radius 3 is 2.61 bits per heavy atom. The first kappa shape index (κ1) is 28.1. The second kappa shape index (κ2) is 11.7. The molecule has 3 rings (SSSR count). The van der Waals surface area contributed by atoms with Crippen molar-refractivity contribution in [3.05, 3.63) is 59.8 Å². The summed E-state index contributed by atoms with van der Waals surface area (Å²) in [6.07, 6.45) is 7.81. The van der Waals surface area contributed by atoms with Gasteiger partial charge in [-0.15, -0.1) is 16.6 Å². The van der Waals surface area contributed by atoms with E-state index in [0.29, 0.717) is 5.69 Å². The van der Waals surface area contributed by atoms with E-state index in [-0.39, 0.29) is 46.2 Å². The predicted molar refractivity (Wildman–Crippen MR) is 139 cm³/mol. The number of nitrogens with zero attached hydrogens (tertiary/aromatic N) is 6. The number of aryl methyl sites for hydroxylation is 1. The smallest absolute Gasteiger partial charge is 0.243 e. The Bertz CT molecular complexity index is 1510. The Balaban J connectivity index is 2.14. The van der Waals surface area contributed by atoms with E-state index >= 15 is 0 Å². The van der Waals surface area contributed by atoms with Crippen LogP contribution in [0.1, 0.15) is 37.2 Å². The van der Waals surface area contributed by atoms with Crippen molar-refractivity contribution >= 4 is 21.7 Å². The van der Waals surface area contributed by atoms with Crippen molar-refractivity contribution in [3.63, 3.8) is 0 Å². The zero-order valence-electron chi connectivity index (χ0n) is 21.3. The Labute approximate surface area is 220 Å². The van der Waals surface area contributed by atoms with Gasteiger partial charge < -0.3 is 19.7 Å². The van der Waals surface area contributed by atoms with Crippen molar-refractivity contribution < 1.29 is 28.1 Å². The largest absolute Gasteiger partial charge is 0.506 e. The van der Waals surface area contributed by atoms with Gasteiger partial charge in [-0.1, -0.05) is 12.0 Å². The average Bonchev–Trinajstić information content (AvgIpc) is 3.29. The van der Waals surface area contributed by atoms with Crippen LogP contribution in [0.25, 0.3) is 5.69 Å². The number of allylic oxidation sites excluding steroid dienone is 1. The van der Waals surface area contributed by atoms with Gasteiger partial charge in [0.15, 0.2) is 5.82 Å². The number of aliphatic imine (C=N–C) groups is 1. The van der Waals surface area contributed by atoms with Crippen LogP contribution in [-0.4, -0.2) is 68.5 Å². The van der Waals surface area contributed by atoms with Crippen LogP contribution in [0, 0.1) is 19.3 Å². The second-order valence-electron chi connectivity index (χ2n) is 7.94. The first-order chi connectivity index (χ1) is 18.0. The summed E-state index contributed by atoms with van der Waals surface area (Å²) in [4.78, 5) is 12.4. The molecule has 2 atom stereocenters. The molecule has 0 bridgehead atoms. The van der Waals surface area contributed by atoms with E-state index in [9.17, 15) is 18.6 Å². The first-order valence-corrected chi connectivity index (χ1v) is 12.6. The summed E-state index contributed by atoms with van der Waals surface area (Å²) < 4.78 is 40.7. The topological polar surface area (TPSA) is 174 Å². The van der Waals surface area contributed by atoms with Crippen LogP contribution in [-0.2, 0) is 14.8 Å². The standard InChI is InChI=1S/C24H27N7O6S/c1-7-9-20(37-6)27-15(3)23-28-29-24(31(23)21-18(32)10-8-11-19(21)36-5)30-38(34,35)16(4)22(33)17-13-25-14(2)12-26-17/h1,8-13,16,22,32-33H,2-6H3,(H,29,30)/b20-9+,27-15?/t16-,22-/m1/s1. The molecule has 3 aromatic rings. The molecule has 14 heteroatoms. The fourth-order valence-electron chi connectivity index (χ4n) is 3.31. The molecule has 0 aliphatic heterocycles. The molecule has 0 fully saturated rings. The lowest BCUT2D eigenvalue weighted by atomic mass is 10.2. The van der Waals surface area contributed by atoms with E-state index in [2.05, 4.69) is 35.8 Å². The van der Waals surface area contributed by atoms with Crippen LogP contribution in [0.3, 0.4) is 0 Å². The van der Waals surface area contributed by atoms with E-state index < -0.39 is 21.4 Å². The van der Waals surface area contributed by atoms with Crippen molar-refractivity contribution in [3.8, 4) is 29.5 Å². The van der Waals surface area contributed by atoms with Gasteiger partial charge in [0.05, 0.1) is 43.6 Å². The molecule has 0 radical (unpaired) electrons. The Morgan fingerprint density at radius 2 is 2.00 bits per heavy atom. The number of sulfonamides is 1. The zero-order chi connectivity index (χ0) is 28.0. The molecular weight excluding hydrogens is 514 g/mol. The Hall–Kier alpha value is -4.48. The number of anilines is 1. The summed E-state index contributed by atoms with van der Waals surface area (Å²) in [5.74, 6) is 2.06. The van der Waals surface area contributed by atoms with Crippen molar-refractivity contribution in [2.75, 3.05) is 18.9 Å². The number of terminal acetylenes is 1. The van der Waals surface area contributed by atoms with Crippen LogP contribution >= 0.6 is 0 Å². The fourth-order valence-corrected chi connectivity index (χ4v) is 4.36. The summed E-state index contributed by atoms with van der Waals surface area (Å²) in [7, 11) is -1.54. The van der Waals surface area contributed by atoms with E-state index in [1.807, 2.05) is 0 Å². The van der Waals surface area contributed by atoms with Gasteiger partial charge in [-0.05, 0) is 32.9 Å². The van der Waals surface area contributed by atoms with E-state index in [0.717, 1.165) is 0 Å². The third-order valence-electron chi connectivity index (χ3n) is 5.37. The summed E-state index contributed by atoms with van der Waals surface area (Å²) in [6, 6.07) is 4.49. The Morgan fingerprint density at radius 1 is 1.26 bits per heavy atom. The van der Waals surface area contributed by atoms with Gasteiger partial charge in [0, 0.05) is 6.20 Å². The normalized spacial score (nSPS) is 13.9. The van der Waals surface area contributed by atoms with Gasteiger partial charge in [-0.25, -0.2) is 13.4 Å². The number of aliphatic hydroxyl groups excluding tert-OH is 1. The van der Waals surface area contributed by atoms with Crippen LogP contribution < -0.4 is 9.46 Å². The van der Waals surface area contributed by atoms with Crippen molar-refractivity contribution in [1.29, 1.82) is 0 Å². The van der Waals surface area contributed by atoms with Crippen LogP contribution in [0.5, 0.6) is 11.5 Å². The number of aromatic hydroxyl groups is 1. The van der Waals surface area contributed by atoms with Crippen molar-refractivity contribution in [2.45, 2.75) is 32.1 Å². The maximum atomic E-state index is 13.3. The zero-order valence-corrected chi connectivity index (χ0v) is 22.1. The summed E-state index contributed by atoms with van der Waals surface area (Å²) >= 11 is 0. The monoisotopic (exact) mass is 541 g/mol. The van der Waals surface area contributed by atoms with Crippen molar-refractivity contribution in [2.24, 2.45) is 4.99 Å². The number of aliphatic hydroxyl groups is 1. The molecule has 200 valence electrons. The fraction of sp³-hybridized carbons (Fsp3) is 0.292.